The van der Waals surface area contributed by atoms with E-state index in [1.54, 1.807) is 0 Å². The molecule has 0 aromatic carbocycles. The molecule has 0 radical (unpaired) electrons. The van der Waals surface area contributed by atoms with Gasteiger partial charge in [-0.15, -0.1) is 0 Å². The van der Waals surface area contributed by atoms with Crippen LogP contribution < -0.4 is 0 Å². The molecule has 0 amide bonds. The van der Waals surface area contributed by atoms with Crippen molar-refractivity contribution in [2.24, 2.45) is 0 Å². The van der Waals surface area contributed by atoms with Gasteiger partial charge in [-0.25, -0.2) is 0 Å². The lowest BCUT2D eigenvalue weighted by Gasteiger charge is -2.36. The first-order valence-corrected chi connectivity index (χ1v) is 5.10. The number of alkyl halides is 2. The summed E-state index contributed by atoms with van der Waals surface area (Å²) in [6.45, 7) is 1.42. The first-order valence-electron chi connectivity index (χ1n) is 4.29. The van der Waals surface area contributed by atoms with Crippen LogP contribution in [-0.2, 0) is 14.2 Å². The van der Waals surface area contributed by atoms with Gasteiger partial charge < -0.3 is 14.2 Å². The third kappa shape index (κ3) is 2.15. The molecule has 1 aliphatic heterocycles. The topological polar surface area (TPSA) is 30.9 Å². The Bertz CT molecular complexity index is 195. The molecule has 1 fully saturated rings. The standard InChI is InChI=1S/C8H15Cl2NO3/c1-11-4-5-14-7(11)8(10,13-3)6(9)12-2/h6-7H,4-5H2,1-3H3/t6-,7?,8-/m1/s1. The molecule has 1 unspecified atom stereocenters. The van der Waals surface area contributed by atoms with E-state index in [1.807, 2.05) is 11.9 Å². The van der Waals surface area contributed by atoms with Gasteiger partial charge in [0.25, 0.3) is 0 Å². The SMILES string of the molecule is CO[C@@H](Cl)[C@@](Cl)(OC)C1OCCN1C. The van der Waals surface area contributed by atoms with Crippen LogP contribution in [0.2, 0.25) is 0 Å². The number of hydrogen-bond acceptors (Lipinski definition) is 4. The van der Waals surface area contributed by atoms with Gasteiger partial charge in [-0.1, -0.05) is 23.2 Å². The molecule has 4 nitrogen and oxygen atoms in total. The molecule has 0 N–H and O–H groups in total. The van der Waals surface area contributed by atoms with Gasteiger partial charge in [0.2, 0.25) is 5.06 Å². The van der Waals surface area contributed by atoms with Gasteiger partial charge in [-0.05, 0) is 7.05 Å². The molecule has 6 heteroatoms. The number of rotatable bonds is 4. The number of likely N-dealkylation sites (N-methyl/N-ethyl adjacent to an activating group) is 1. The maximum atomic E-state index is 6.23. The van der Waals surface area contributed by atoms with Crippen molar-refractivity contribution in [3.63, 3.8) is 0 Å². The third-order valence-electron chi connectivity index (χ3n) is 2.29. The number of methoxy groups -OCH3 is 2. The van der Waals surface area contributed by atoms with Crippen molar-refractivity contribution in [3.05, 3.63) is 0 Å². The number of hydrogen-bond donors (Lipinski definition) is 0. The summed E-state index contributed by atoms with van der Waals surface area (Å²) in [7, 11) is 4.85. The Kier molecular flexibility index (Phi) is 4.43. The number of nitrogens with zero attached hydrogens (tertiary/aromatic N) is 1. The van der Waals surface area contributed by atoms with Crippen molar-refractivity contribution < 1.29 is 14.2 Å². The molecule has 84 valence electrons. The summed E-state index contributed by atoms with van der Waals surface area (Å²) >= 11 is 12.2. The first-order chi connectivity index (χ1) is 6.56. The average Bonchev–Trinajstić information content (AvgIpc) is 2.62. The lowest BCUT2D eigenvalue weighted by Crippen LogP contribution is -2.52. The minimum atomic E-state index is -1.18. The Morgan fingerprint density at radius 2 is 2.21 bits per heavy atom. The molecule has 0 saturated carbocycles. The fourth-order valence-corrected chi connectivity index (χ4v) is 1.95. The van der Waals surface area contributed by atoms with Gasteiger partial charge >= 0.3 is 0 Å². The van der Waals surface area contributed by atoms with Gasteiger partial charge in [-0.3, -0.25) is 4.90 Å². The van der Waals surface area contributed by atoms with Gasteiger partial charge in [0.05, 0.1) is 6.61 Å². The lowest BCUT2D eigenvalue weighted by molar-refractivity contribution is -0.136. The van der Waals surface area contributed by atoms with E-state index < -0.39 is 16.9 Å². The summed E-state index contributed by atoms with van der Waals surface area (Å²) in [5, 5.41) is -1.18. The molecule has 0 aliphatic carbocycles. The van der Waals surface area contributed by atoms with Crippen molar-refractivity contribution >= 4 is 23.2 Å². The van der Waals surface area contributed by atoms with E-state index >= 15 is 0 Å². The molecule has 1 rings (SSSR count). The van der Waals surface area contributed by atoms with E-state index in [-0.39, 0.29) is 0 Å². The van der Waals surface area contributed by atoms with Crippen molar-refractivity contribution in [1.29, 1.82) is 0 Å². The van der Waals surface area contributed by atoms with Gasteiger partial charge in [-0.2, -0.15) is 0 Å². The quantitative estimate of drug-likeness (QED) is 0.692. The summed E-state index contributed by atoms with van der Waals surface area (Å²) in [6.07, 6.45) is -0.392. The van der Waals surface area contributed by atoms with Crippen LogP contribution in [0.25, 0.3) is 0 Å². The molecule has 14 heavy (non-hydrogen) atoms. The molecule has 0 spiro atoms. The van der Waals surface area contributed by atoms with E-state index in [0.29, 0.717) is 6.61 Å². The second kappa shape index (κ2) is 4.96. The number of ether oxygens (including phenoxy) is 3. The predicted molar refractivity (Wildman–Crippen MR) is 54.6 cm³/mol. The summed E-state index contributed by atoms with van der Waals surface area (Å²) in [5.74, 6) is 0. The van der Waals surface area contributed by atoms with Gasteiger partial charge in [0.1, 0.15) is 0 Å². The largest absolute Gasteiger partial charge is 0.361 e. The predicted octanol–water partition coefficient (Wildman–Crippen LogP) is 1.07. The van der Waals surface area contributed by atoms with Crippen LogP contribution in [0.15, 0.2) is 0 Å². The lowest BCUT2D eigenvalue weighted by atomic mass is 10.3. The van der Waals surface area contributed by atoms with Gasteiger partial charge in [0.15, 0.2) is 11.8 Å². The minimum absolute atomic E-state index is 0.392. The first kappa shape index (κ1) is 12.5. The summed E-state index contributed by atoms with van der Waals surface area (Å²) in [6, 6.07) is 0. The molecular formula is C8H15Cl2NO3. The monoisotopic (exact) mass is 243 g/mol. The minimum Gasteiger partial charge on any atom is -0.361 e. The fourth-order valence-electron chi connectivity index (χ4n) is 1.43. The maximum Gasteiger partial charge on any atom is 0.221 e. The molecule has 1 saturated heterocycles. The highest BCUT2D eigenvalue weighted by atomic mass is 35.5. The summed E-state index contributed by atoms with van der Waals surface area (Å²) in [4.78, 5) is 1.94. The van der Waals surface area contributed by atoms with Crippen molar-refractivity contribution in [3.8, 4) is 0 Å². The summed E-state index contributed by atoms with van der Waals surface area (Å²) < 4.78 is 15.6. The second-order valence-corrected chi connectivity index (χ2v) is 4.14. The highest BCUT2D eigenvalue weighted by Gasteiger charge is 2.49. The van der Waals surface area contributed by atoms with Crippen LogP contribution in [0.5, 0.6) is 0 Å². The van der Waals surface area contributed by atoms with Crippen LogP contribution in [0.4, 0.5) is 0 Å². The smallest absolute Gasteiger partial charge is 0.221 e. The average molecular weight is 244 g/mol. The van der Waals surface area contributed by atoms with E-state index in [2.05, 4.69) is 0 Å². The van der Waals surface area contributed by atoms with E-state index in [0.717, 1.165) is 6.54 Å². The molecule has 0 aromatic heterocycles. The Labute approximate surface area is 94.0 Å². The highest BCUT2D eigenvalue weighted by molar-refractivity contribution is 6.31. The zero-order valence-corrected chi connectivity index (χ0v) is 10.0. The van der Waals surface area contributed by atoms with Crippen molar-refractivity contribution in [1.82, 2.24) is 4.90 Å². The van der Waals surface area contributed by atoms with Crippen LogP contribution in [0.3, 0.4) is 0 Å². The van der Waals surface area contributed by atoms with E-state index in [4.69, 9.17) is 37.4 Å². The highest BCUT2D eigenvalue weighted by Crippen LogP contribution is 2.34. The Balaban J connectivity index is 2.77. The van der Waals surface area contributed by atoms with Crippen molar-refractivity contribution in [2.45, 2.75) is 16.9 Å². The molecular weight excluding hydrogens is 229 g/mol. The van der Waals surface area contributed by atoms with Crippen molar-refractivity contribution in [2.75, 3.05) is 34.4 Å². The Morgan fingerprint density at radius 3 is 2.57 bits per heavy atom. The molecule has 0 bridgehead atoms. The fraction of sp³-hybridized carbons (Fsp3) is 1.00. The Morgan fingerprint density at radius 1 is 1.57 bits per heavy atom. The Hall–Kier alpha value is 0.420. The maximum absolute atomic E-state index is 6.23. The normalized spacial score (nSPS) is 30.2. The van der Waals surface area contributed by atoms with E-state index in [1.165, 1.54) is 14.2 Å². The van der Waals surface area contributed by atoms with Crippen LogP contribution >= 0.6 is 23.2 Å². The third-order valence-corrected chi connectivity index (χ3v) is 3.44. The van der Waals surface area contributed by atoms with Crippen LogP contribution in [-0.4, -0.2) is 56.2 Å². The molecule has 1 heterocycles. The van der Waals surface area contributed by atoms with Crippen LogP contribution in [0, 0.1) is 0 Å². The molecule has 0 aromatic rings. The summed E-state index contributed by atoms with van der Waals surface area (Å²) in [5.41, 5.74) is -0.764. The van der Waals surface area contributed by atoms with E-state index in [9.17, 15) is 0 Å². The van der Waals surface area contributed by atoms with Gasteiger partial charge in [0, 0.05) is 20.8 Å². The second-order valence-electron chi connectivity index (χ2n) is 3.16. The van der Waals surface area contributed by atoms with Crippen LogP contribution in [0.1, 0.15) is 0 Å². The number of halogens is 2. The molecule has 3 atom stereocenters. The molecule has 1 aliphatic rings. The zero-order valence-electron chi connectivity index (χ0n) is 8.50. The zero-order chi connectivity index (χ0) is 10.8.